The number of hydrogen-bond acceptors (Lipinski definition) is 6. The molecule has 0 aliphatic carbocycles. The summed E-state index contributed by atoms with van der Waals surface area (Å²) < 4.78 is 16.4. The van der Waals surface area contributed by atoms with Gasteiger partial charge in [-0.15, -0.1) is 0 Å². The smallest absolute Gasteiger partial charge is 0.319 e. The van der Waals surface area contributed by atoms with E-state index >= 15 is 0 Å². The topological polar surface area (TPSA) is 60.0 Å². The minimum atomic E-state index is -0.351. The Balaban J connectivity index is 1.60. The van der Waals surface area contributed by atoms with E-state index in [9.17, 15) is 4.79 Å². The Bertz CT molecular complexity index is 883. The number of fused-ring (bicyclic) bond motifs is 1. The fourth-order valence-corrected chi connectivity index (χ4v) is 4.02. The fourth-order valence-electron chi connectivity index (χ4n) is 4.02. The minimum absolute atomic E-state index is 0.231. The van der Waals surface area contributed by atoms with E-state index < -0.39 is 0 Å². The summed E-state index contributed by atoms with van der Waals surface area (Å²) in [6.45, 7) is 5.06. The van der Waals surface area contributed by atoms with E-state index in [0.717, 1.165) is 36.4 Å². The number of carbonyl (C=O) groups is 1. The molecule has 2 aliphatic rings. The van der Waals surface area contributed by atoms with Crippen molar-refractivity contribution in [3.8, 4) is 17.2 Å². The Kier molecular flexibility index (Phi) is 5.13. The van der Waals surface area contributed by atoms with Crippen molar-refractivity contribution < 1.29 is 19.0 Å². The van der Waals surface area contributed by atoms with Crippen LogP contribution in [0.3, 0.4) is 0 Å². The summed E-state index contributed by atoms with van der Waals surface area (Å²) in [5, 5.41) is 3.40. The third-order valence-electron chi connectivity index (χ3n) is 5.61. The molecular weight excluding hydrogens is 356 g/mol. The van der Waals surface area contributed by atoms with Gasteiger partial charge in [-0.2, -0.15) is 0 Å². The lowest BCUT2D eigenvalue weighted by atomic mass is 9.89. The first-order valence-corrected chi connectivity index (χ1v) is 9.64. The molecule has 1 fully saturated rings. The number of methoxy groups -OCH3 is 2. The molecule has 2 aromatic carbocycles. The van der Waals surface area contributed by atoms with Crippen LogP contribution in [0.5, 0.6) is 17.2 Å². The highest BCUT2D eigenvalue weighted by molar-refractivity contribution is 5.84. The summed E-state index contributed by atoms with van der Waals surface area (Å²) in [6.07, 6.45) is 0.612. The average Bonchev–Trinajstić information content (AvgIpc) is 2.72. The second kappa shape index (κ2) is 7.72. The Hall–Kier alpha value is -2.73. The van der Waals surface area contributed by atoms with Gasteiger partial charge in [-0.05, 0) is 42.7 Å². The normalized spacial score (nSPS) is 21.7. The van der Waals surface area contributed by atoms with Gasteiger partial charge in [0.2, 0.25) is 0 Å². The number of piperazine rings is 1. The molecule has 4 rings (SSSR count). The zero-order valence-corrected chi connectivity index (χ0v) is 16.5. The third kappa shape index (κ3) is 3.40. The van der Waals surface area contributed by atoms with Gasteiger partial charge in [0.15, 0.2) is 11.5 Å². The van der Waals surface area contributed by atoms with Crippen LogP contribution in [-0.4, -0.2) is 45.9 Å². The molecule has 0 spiro atoms. The van der Waals surface area contributed by atoms with Crippen LogP contribution in [0.15, 0.2) is 36.4 Å². The fraction of sp³-hybridized carbons (Fsp3) is 0.409. The van der Waals surface area contributed by atoms with E-state index in [-0.39, 0.29) is 11.9 Å². The highest BCUT2D eigenvalue weighted by Crippen LogP contribution is 2.38. The summed E-state index contributed by atoms with van der Waals surface area (Å²) in [6, 6.07) is 12.2. The Morgan fingerprint density at radius 2 is 1.93 bits per heavy atom. The van der Waals surface area contributed by atoms with E-state index in [2.05, 4.69) is 29.3 Å². The van der Waals surface area contributed by atoms with Gasteiger partial charge < -0.3 is 24.4 Å². The predicted octanol–water partition coefficient (Wildman–Crippen LogP) is 2.75. The lowest BCUT2D eigenvalue weighted by molar-refractivity contribution is -0.137. The van der Waals surface area contributed by atoms with Gasteiger partial charge in [-0.1, -0.05) is 12.1 Å². The third-order valence-corrected chi connectivity index (χ3v) is 5.61. The van der Waals surface area contributed by atoms with Gasteiger partial charge >= 0.3 is 5.97 Å². The van der Waals surface area contributed by atoms with Crippen LogP contribution in [-0.2, 0) is 11.2 Å². The van der Waals surface area contributed by atoms with Crippen LogP contribution in [0.4, 0.5) is 5.69 Å². The number of benzene rings is 2. The Labute approximate surface area is 165 Å². The molecule has 2 atom stereocenters. The molecule has 28 heavy (non-hydrogen) atoms. The van der Waals surface area contributed by atoms with Gasteiger partial charge in [0.1, 0.15) is 5.75 Å². The number of rotatable bonds is 4. The molecule has 2 aromatic rings. The van der Waals surface area contributed by atoms with E-state index in [1.807, 2.05) is 24.3 Å². The number of hydrogen-bond donors (Lipinski definition) is 1. The number of esters is 1. The van der Waals surface area contributed by atoms with Gasteiger partial charge in [-0.3, -0.25) is 4.79 Å². The summed E-state index contributed by atoms with van der Waals surface area (Å²) in [5.41, 5.74) is 3.02. The quantitative estimate of drug-likeness (QED) is 0.648. The van der Waals surface area contributed by atoms with Crippen molar-refractivity contribution in [1.29, 1.82) is 0 Å². The molecule has 6 heteroatoms. The Morgan fingerprint density at radius 3 is 2.68 bits per heavy atom. The van der Waals surface area contributed by atoms with Crippen LogP contribution < -0.4 is 24.4 Å². The van der Waals surface area contributed by atoms with Crippen LogP contribution in [0.25, 0.3) is 0 Å². The zero-order chi connectivity index (χ0) is 19.7. The molecule has 1 N–H and O–H groups in total. The first-order valence-electron chi connectivity index (χ1n) is 9.64. The second-order valence-electron chi connectivity index (χ2n) is 7.33. The molecule has 0 saturated carbocycles. The van der Waals surface area contributed by atoms with E-state index in [4.69, 9.17) is 14.2 Å². The van der Waals surface area contributed by atoms with Crippen molar-refractivity contribution in [2.75, 3.05) is 38.8 Å². The molecule has 0 bridgehead atoms. The van der Waals surface area contributed by atoms with E-state index in [0.29, 0.717) is 29.7 Å². The molecule has 0 aromatic heterocycles. The molecule has 2 heterocycles. The van der Waals surface area contributed by atoms with E-state index in [1.54, 1.807) is 14.2 Å². The number of anilines is 1. The maximum Gasteiger partial charge on any atom is 0.319 e. The number of nitrogens with zero attached hydrogens (tertiary/aromatic N) is 1. The molecular formula is C22H26N2O4. The first kappa shape index (κ1) is 18.6. The molecule has 1 unspecified atom stereocenters. The molecule has 0 amide bonds. The second-order valence-corrected chi connectivity index (χ2v) is 7.33. The average molecular weight is 382 g/mol. The molecule has 2 aliphatic heterocycles. The van der Waals surface area contributed by atoms with Gasteiger partial charge in [0.25, 0.3) is 0 Å². The van der Waals surface area contributed by atoms with Crippen molar-refractivity contribution >= 4 is 11.7 Å². The standard InChI is InChI=1S/C22H26N2O4/c1-14-13-23-8-9-24(14)17-6-4-16-10-18(22(25)28-20(16)12-17)15-5-7-19(26-2)21(11-15)27-3/h4-7,11-12,14,18,23H,8-10,13H2,1-3H3/t14-,18?/m0/s1. The van der Waals surface area contributed by atoms with Crippen molar-refractivity contribution in [2.24, 2.45) is 0 Å². The summed E-state index contributed by atoms with van der Waals surface area (Å²) in [7, 11) is 3.19. The lowest BCUT2D eigenvalue weighted by Crippen LogP contribution is -2.49. The lowest BCUT2D eigenvalue weighted by Gasteiger charge is -2.36. The largest absolute Gasteiger partial charge is 0.493 e. The summed E-state index contributed by atoms with van der Waals surface area (Å²) in [4.78, 5) is 15.1. The molecule has 0 radical (unpaired) electrons. The highest BCUT2D eigenvalue weighted by atomic mass is 16.5. The highest BCUT2D eigenvalue weighted by Gasteiger charge is 2.31. The Morgan fingerprint density at radius 1 is 1.11 bits per heavy atom. The van der Waals surface area contributed by atoms with Crippen molar-refractivity contribution in [3.63, 3.8) is 0 Å². The first-order chi connectivity index (χ1) is 13.6. The van der Waals surface area contributed by atoms with Crippen molar-refractivity contribution in [3.05, 3.63) is 47.5 Å². The summed E-state index contributed by atoms with van der Waals surface area (Å²) >= 11 is 0. The van der Waals surface area contributed by atoms with Crippen molar-refractivity contribution in [2.45, 2.75) is 25.3 Å². The minimum Gasteiger partial charge on any atom is -0.493 e. The maximum absolute atomic E-state index is 12.7. The summed E-state index contributed by atoms with van der Waals surface area (Å²) in [5.74, 6) is 1.35. The number of nitrogens with one attached hydrogen (secondary N) is 1. The number of carbonyl (C=O) groups excluding carboxylic acids is 1. The van der Waals surface area contributed by atoms with Crippen LogP contribution >= 0.6 is 0 Å². The van der Waals surface area contributed by atoms with Crippen LogP contribution in [0, 0.1) is 0 Å². The van der Waals surface area contributed by atoms with Gasteiger partial charge in [0, 0.05) is 37.4 Å². The van der Waals surface area contributed by atoms with Gasteiger partial charge in [-0.25, -0.2) is 0 Å². The van der Waals surface area contributed by atoms with Gasteiger partial charge in [0.05, 0.1) is 20.1 Å². The molecule has 6 nitrogen and oxygen atoms in total. The maximum atomic E-state index is 12.7. The van der Waals surface area contributed by atoms with Crippen LogP contribution in [0.1, 0.15) is 24.0 Å². The van der Waals surface area contributed by atoms with Crippen LogP contribution in [0.2, 0.25) is 0 Å². The molecule has 1 saturated heterocycles. The molecule has 148 valence electrons. The number of ether oxygens (including phenoxy) is 3. The van der Waals surface area contributed by atoms with E-state index in [1.165, 1.54) is 0 Å². The van der Waals surface area contributed by atoms with Crippen molar-refractivity contribution in [1.82, 2.24) is 5.32 Å². The predicted molar refractivity (Wildman–Crippen MR) is 108 cm³/mol. The monoisotopic (exact) mass is 382 g/mol. The zero-order valence-electron chi connectivity index (χ0n) is 16.5. The SMILES string of the molecule is COc1ccc(C2Cc3ccc(N4CCNC[C@@H]4C)cc3OC2=O)cc1OC.